The first-order chi connectivity index (χ1) is 12.8. The van der Waals surface area contributed by atoms with Crippen molar-refractivity contribution >= 4 is 22.0 Å². The summed E-state index contributed by atoms with van der Waals surface area (Å²) in [7, 11) is -0.932. The number of nitrogens with one attached hydrogen (secondary N) is 2. The summed E-state index contributed by atoms with van der Waals surface area (Å²) in [5.74, 6) is -0.0235. The zero-order valence-electron chi connectivity index (χ0n) is 15.9. The quantitative estimate of drug-likeness (QED) is 0.714. The maximum Gasteiger partial charge on any atom is 0.244 e. The zero-order valence-corrected chi connectivity index (χ0v) is 16.7. The molecule has 0 saturated heterocycles. The van der Waals surface area contributed by atoms with Crippen molar-refractivity contribution in [3.8, 4) is 5.75 Å². The fraction of sp³-hybridized carbons (Fsp3) is 0.250. The van der Waals surface area contributed by atoms with Crippen LogP contribution in [0.1, 0.15) is 22.3 Å². The van der Waals surface area contributed by atoms with E-state index in [9.17, 15) is 13.2 Å². The summed E-state index contributed by atoms with van der Waals surface area (Å²) >= 11 is 0. The van der Waals surface area contributed by atoms with Gasteiger partial charge in [0.15, 0.2) is 0 Å². The van der Waals surface area contributed by atoms with Crippen LogP contribution >= 0.6 is 0 Å². The first-order valence-electron chi connectivity index (χ1n) is 8.40. The van der Waals surface area contributed by atoms with Crippen LogP contribution in [-0.2, 0) is 21.4 Å². The molecule has 27 heavy (non-hydrogen) atoms. The second-order valence-electron chi connectivity index (χ2n) is 6.10. The van der Waals surface area contributed by atoms with E-state index in [0.29, 0.717) is 12.1 Å². The Labute approximate surface area is 160 Å². The van der Waals surface area contributed by atoms with Gasteiger partial charge in [0, 0.05) is 12.6 Å². The van der Waals surface area contributed by atoms with Gasteiger partial charge in [-0.05, 0) is 55.8 Å². The first-order valence-corrected chi connectivity index (χ1v) is 9.89. The molecule has 0 spiro atoms. The molecule has 2 rings (SSSR count). The van der Waals surface area contributed by atoms with Gasteiger partial charge in [-0.25, -0.2) is 13.1 Å². The fourth-order valence-corrected chi connectivity index (χ4v) is 3.50. The molecule has 2 aromatic carbocycles. The topological polar surface area (TPSA) is 84.5 Å². The molecule has 2 N–H and O–H groups in total. The lowest BCUT2D eigenvalue weighted by atomic mass is 10.1. The smallest absolute Gasteiger partial charge is 0.244 e. The van der Waals surface area contributed by atoms with Crippen LogP contribution in [0.25, 0.3) is 6.08 Å². The van der Waals surface area contributed by atoms with Gasteiger partial charge in [-0.1, -0.05) is 29.8 Å². The van der Waals surface area contributed by atoms with Crippen molar-refractivity contribution in [2.45, 2.75) is 25.3 Å². The molecule has 2 aromatic rings. The average molecular weight is 388 g/mol. The lowest BCUT2D eigenvalue weighted by Crippen LogP contribution is -2.20. The van der Waals surface area contributed by atoms with Gasteiger partial charge >= 0.3 is 0 Å². The number of hydrogen-bond acceptors (Lipinski definition) is 4. The van der Waals surface area contributed by atoms with Crippen molar-refractivity contribution in [1.29, 1.82) is 0 Å². The summed E-state index contributed by atoms with van der Waals surface area (Å²) in [6.07, 6.45) is 2.94. The van der Waals surface area contributed by atoms with Gasteiger partial charge < -0.3 is 10.1 Å². The number of benzene rings is 2. The number of methoxy groups -OCH3 is 1. The normalized spacial score (nSPS) is 11.6. The third-order valence-corrected chi connectivity index (χ3v) is 5.56. The van der Waals surface area contributed by atoms with E-state index < -0.39 is 10.0 Å². The van der Waals surface area contributed by atoms with E-state index in [1.54, 1.807) is 18.2 Å². The number of carbonyl (C=O) groups is 1. The molecule has 0 aliphatic rings. The lowest BCUT2D eigenvalue weighted by Gasteiger charge is -2.09. The Kier molecular flexibility index (Phi) is 6.76. The van der Waals surface area contributed by atoms with E-state index in [1.165, 1.54) is 31.9 Å². The third-order valence-electron chi connectivity index (χ3n) is 4.12. The van der Waals surface area contributed by atoms with Crippen LogP contribution in [0.4, 0.5) is 0 Å². The number of sulfonamides is 1. The molecule has 0 aliphatic carbocycles. The van der Waals surface area contributed by atoms with Crippen LogP contribution in [0.3, 0.4) is 0 Å². The monoisotopic (exact) mass is 388 g/mol. The maximum absolute atomic E-state index is 12.1. The molecule has 0 radical (unpaired) electrons. The molecular formula is C20H24N2O4S. The van der Waals surface area contributed by atoms with E-state index in [0.717, 1.165) is 11.1 Å². The number of rotatable bonds is 7. The van der Waals surface area contributed by atoms with Crippen molar-refractivity contribution in [2.24, 2.45) is 0 Å². The first kappa shape index (κ1) is 20.7. The second kappa shape index (κ2) is 8.83. The second-order valence-corrected chi connectivity index (χ2v) is 7.95. The third kappa shape index (κ3) is 5.42. The summed E-state index contributed by atoms with van der Waals surface area (Å²) < 4.78 is 31.5. The van der Waals surface area contributed by atoms with Crippen LogP contribution in [-0.4, -0.2) is 28.5 Å². The summed E-state index contributed by atoms with van der Waals surface area (Å²) in [6.45, 7) is 4.46. The van der Waals surface area contributed by atoms with Gasteiger partial charge in [0.1, 0.15) is 10.6 Å². The molecule has 7 heteroatoms. The number of carbonyl (C=O) groups excluding carboxylic acids is 1. The van der Waals surface area contributed by atoms with Crippen LogP contribution < -0.4 is 14.8 Å². The number of hydrogen-bond donors (Lipinski definition) is 2. The minimum absolute atomic E-state index is 0.0188. The highest BCUT2D eigenvalue weighted by Gasteiger charge is 2.17. The van der Waals surface area contributed by atoms with Crippen LogP contribution in [0.5, 0.6) is 5.75 Å². The molecule has 0 atom stereocenters. The Morgan fingerprint density at radius 3 is 2.52 bits per heavy atom. The Morgan fingerprint density at radius 2 is 1.89 bits per heavy atom. The molecule has 6 nitrogen and oxygen atoms in total. The summed E-state index contributed by atoms with van der Waals surface area (Å²) in [5.41, 5.74) is 3.92. The van der Waals surface area contributed by atoms with E-state index in [-0.39, 0.29) is 16.6 Å². The number of aryl methyl sites for hydroxylation is 2. The van der Waals surface area contributed by atoms with Crippen LogP contribution in [0, 0.1) is 13.8 Å². The molecule has 0 saturated carbocycles. The van der Waals surface area contributed by atoms with E-state index in [2.05, 4.69) is 16.1 Å². The largest absolute Gasteiger partial charge is 0.495 e. The minimum Gasteiger partial charge on any atom is -0.495 e. The number of ether oxygens (including phenoxy) is 1. The van der Waals surface area contributed by atoms with Crippen molar-refractivity contribution in [3.63, 3.8) is 0 Å². The Balaban J connectivity index is 2.10. The van der Waals surface area contributed by atoms with Gasteiger partial charge in [0.05, 0.1) is 7.11 Å². The molecule has 0 unspecified atom stereocenters. The van der Waals surface area contributed by atoms with Gasteiger partial charge in [-0.2, -0.15) is 0 Å². The molecule has 0 fully saturated rings. The fourth-order valence-electron chi connectivity index (χ4n) is 2.57. The molecular weight excluding hydrogens is 364 g/mol. The van der Waals surface area contributed by atoms with Gasteiger partial charge in [0.2, 0.25) is 15.9 Å². The molecule has 144 valence electrons. The molecule has 0 bridgehead atoms. The molecule has 0 aromatic heterocycles. The number of amides is 1. The molecule has 1 amide bonds. The molecule has 0 aliphatic heterocycles. The van der Waals surface area contributed by atoms with Gasteiger partial charge in [-0.3, -0.25) is 4.79 Å². The Morgan fingerprint density at radius 1 is 1.15 bits per heavy atom. The highest BCUT2D eigenvalue weighted by atomic mass is 32.2. The van der Waals surface area contributed by atoms with Gasteiger partial charge in [-0.15, -0.1) is 0 Å². The molecule has 0 heterocycles. The maximum atomic E-state index is 12.1. The standard InChI is InChI=1S/C20H24N2O4S/c1-14-5-8-17(15(2)11-14)13-22-20(23)10-7-16-6-9-18(26-4)19(12-16)27(24,25)21-3/h5-12,21H,13H2,1-4H3,(H,22,23)/b10-7+. The predicted octanol–water partition coefficient (Wildman–Crippen LogP) is 2.55. The van der Waals surface area contributed by atoms with Crippen molar-refractivity contribution in [3.05, 3.63) is 64.7 Å². The van der Waals surface area contributed by atoms with E-state index in [4.69, 9.17) is 4.74 Å². The lowest BCUT2D eigenvalue weighted by molar-refractivity contribution is -0.116. The average Bonchev–Trinajstić information content (AvgIpc) is 2.65. The summed E-state index contributed by atoms with van der Waals surface area (Å²) in [4.78, 5) is 12.1. The summed E-state index contributed by atoms with van der Waals surface area (Å²) in [5, 5.41) is 2.83. The van der Waals surface area contributed by atoms with Crippen molar-refractivity contribution in [1.82, 2.24) is 10.0 Å². The Bertz CT molecular complexity index is 966. The predicted molar refractivity (Wildman–Crippen MR) is 106 cm³/mol. The van der Waals surface area contributed by atoms with Crippen molar-refractivity contribution < 1.29 is 17.9 Å². The van der Waals surface area contributed by atoms with Gasteiger partial charge in [0.25, 0.3) is 0 Å². The summed E-state index contributed by atoms with van der Waals surface area (Å²) in [6, 6.07) is 10.8. The van der Waals surface area contributed by atoms with Crippen molar-refractivity contribution in [2.75, 3.05) is 14.2 Å². The SMILES string of the molecule is CNS(=O)(=O)c1cc(/C=C/C(=O)NCc2ccc(C)cc2C)ccc1OC. The van der Waals surface area contributed by atoms with Crippen LogP contribution in [0.15, 0.2) is 47.4 Å². The van der Waals surface area contributed by atoms with E-state index >= 15 is 0 Å². The highest BCUT2D eigenvalue weighted by molar-refractivity contribution is 7.89. The minimum atomic E-state index is -3.67. The Hall–Kier alpha value is -2.64. The highest BCUT2D eigenvalue weighted by Crippen LogP contribution is 2.25. The van der Waals surface area contributed by atoms with E-state index in [1.807, 2.05) is 26.0 Å². The zero-order chi connectivity index (χ0) is 20.0. The van der Waals surface area contributed by atoms with Crippen LogP contribution in [0.2, 0.25) is 0 Å².